The largest absolute Gasteiger partial charge is 0.411 e. The van der Waals surface area contributed by atoms with Gasteiger partial charge in [-0.1, -0.05) is 11.6 Å². The van der Waals surface area contributed by atoms with Crippen molar-refractivity contribution in [1.82, 2.24) is 4.98 Å². The van der Waals surface area contributed by atoms with E-state index in [1.165, 1.54) is 12.3 Å². The van der Waals surface area contributed by atoms with Crippen molar-refractivity contribution in [2.45, 2.75) is 6.18 Å². The summed E-state index contributed by atoms with van der Waals surface area (Å²) >= 11 is 5.83. The SMILES string of the molecule is N#Cc1ccnc(NCCOCC(F)(F)F)c1Cl. The van der Waals surface area contributed by atoms with E-state index in [4.69, 9.17) is 16.9 Å². The van der Waals surface area contributed by atoms with Crippen LogP contribution in [0.2, 0.25) is 5.02 Å². The van der Waals surface area contributed by atoms with Crippen LogP contribution >= 0.6 is 11.6 Å². The quantitative estimate of drug-likeness (QED) is 0.842. The Morgan fingerprint density at radius 3 is 2.83 bits per heavy atom. The second-order valence-corrected chi connectivity index (χ2v) is 3.61. The number of hydrogen-bond acceptors (Lipinski definition) is 4. The number of hydrogen-bond donors (Lipinski definition) is 1. The Bertz CT molecular complexity index is 445. The molecule has 1 N–H and O–H groups in total. The number of halogens is 4. The fourth-order valence-electron chi connectivity index (χ4n) is 1.08. The van der Waals surface area contributed by atoms with Crippen LogP contribution in [0.4, 0.5) is 19.0 Å². The van der Waals surface area contributed by atoms with E-state index in [0.29, 0.717) is 0 Å². The number of nitrogens with one attached hydrogen (secondary N) is 1. The highest BCUT2D eigenvalue weighted by molar-refractivity contribution is 6.34. The number of anilines is 1. The minimum atomic E-state index is -4.34. The van der Waals surface area contributed by atoms with Crippen molar-refractivity contribution in [1.29, 1.82) is 5.26 Å². The Labute approximate surface area is 106 Å². The zero-order valence-electron chi connectivity index (χ0n) is 9.09. The summed E-state index contributed by atoms with van der Waals surface area (Å²) in [4.78, 5) is 3.86. The van der Waals surface area contributed by atoms with Crippen LogP contribution in [0.3, 0.4) is 0 Å². The van der Waals surface area contributed by atoms with Gasteiger partial charge in [0.15, 0.2) is 0 Å². The monoisotopic (exact) mass is 279 g/mol. The Morgan fingerprint density at radius 2 is 2.22 bits per heavy atom. The molecule has 0 saturated heterocycles. The lowest BCUT2D eigenvalue weighted by Crippen LogP contribution is -2.20. The van der Waals surface area contributed by atoms with Crippen molar-refractivity contribution in [3.8, 4) is 6.07 Å². The van der Waals surface area contributed by atoms with Crippen LogP contribution in [-0.4, -0.2) is 30.9 Å². The van der Waals surface area contributed by atoms with E-state index in [2.05, 4.69) is 15.0 Å². The predicted molar refractivity (Wildman–Crippen MR) is 59.3 cm³/mol. The van der Waals surface area contributed by atoms with Crippen LogP contribution in [0.25, 0.3) is 0 Å². The Balaban J connectivity index is 2.39. The maximum atomic E-state index is 11.8. The fourth-order valence-corrected chi connectivity index (χ4v) is 1.30. The first kappa shape index (κ1) is 14.5. The Kier molecular flexibility index (Phi) is 5.19. The summed E-state index contributed by atoms with van der Waals surface area (Å²) in [6.07, 6.45) is -2.96. The van der Waals surface area contributed by atoms with Crippen molar-refractivity contribution in [2.24, 2.45) is 0 Å². The van der Waals surface area contributed by atoms with Gasteiger partial charge in [0, 0.05) is 12.7 Å². The zero-order valence-corrected chi connectivity index (χ0v) is 9.85. The molecule has 0 bridgehead atoms. The Morgan fingerprint density at radius 1 is 1.50 bits per heavy atom. The number of nitrogens with zero attached hydrogens (tertiary/aromatic N) is 2. The van der Waals surface area contributed by atoms with Gasteiger partial charge in [-0.2, -0.15) is 18.4 Å². The third-order valence-electron chi connectivity index (χ3n) is 1.81. The van der Waals surface area contributed by atoms with E-state index in [9.17, 15) is 13.2 Å². The van der Waals surface area contributed by atoms with Gasteiger partial charge in [-0.05, 0) is 6.07 Å². The van der Waals surface area contributed by atoms with Gasteiger partial charge in [0.1, 0.15) is 23.5 Å². The van der Waals surface area contributed by atoms with Crippen LogP contribution in [0.5, 0.6) is 0 Å². The number of aromatic nitrogens is 1. The molecule has 1 aromatic heterocycles. The molecule has 4 nitrogen and oxygen atoms in total. The molecule has 0 unspecified atom stereocenters. The van der Waals surface area contributed by atoms with Gasteiger partial charge in [-0.15, -0.1) is 0 Å². The van der Waals surface area contributed by atoms with Crippen molar-refractivity contribution < 1.29 is 17.9 Å². The molecule has 0 aliphatic heterocycles. The molecule has 0 radical (unpaired) electrons. The number of alkyl halides is 3. The minimum Gasteiger partial charge on any atom is -0.370 e. The van der Waals surface area contributed by atoms with E-state index in [1.54, 1.807) is 0 Å². The maximum Gasteiger partial charge on any atom is 0.411 e. The lowest BCUT2D eigenvalue weighted by atomic mass is 10.3. The smallest absolute Gasteiger partial charge is 0.370 e. The van der Waals surface area contributed by atoms with Crippen LogP contribution in [0.1, 0.15) is 5.56 Å². The molecule has 1 rings (SSSR count). The van der Waals surface area contributed by atoms with Gasteiger partial charge < -0.3 is 10.1 Å². The molecule has 1 heterocycles. The molecule has 8 heteroatoms. The highest BCUT2D eigenvalue weighted by atomic mass is 35.5. The van der Waals surface area contributed by atoms with E-state index < -0.39 is 12.8 Å². The summed E-state index contributed by atoms with van der Waals surface area (Å²) in [5.41, 5.74) is 0.241. The lowest BCUT2D eigenvalue weighted by Gasteiger charge is -2.09. The molecule has 0 saturated carbocycles. The normalized spacial score (nSPS) is 11.1. The number of nitriles is 1. The van der Waals surface area contributed by atoms with E-state index in [1.807, 2.05) is 6.07 Å². The molecule has 0 fully saturated rings. The second-order valence-electron chi connectivity index (χ2n) is 3.23. The van der Waals surface area contributed by atoms with Gasteiger partial charge in [0.05, 0.1) is 12.2 Å². The summed E-state index contributed by atoms with van der Waals surface area (Å²) in [5.74, 6) is 0.242. The first-order chi connectivity index (χ1) is 8.44. The van der Waals surface area contributed by atoms with Crippen LogP contribution in [0.15, 0.2) is 12.3 Å². The van der Waals surface area contributed by atoms with Crippen molar-refractivity contribution in [2.75, 3.05) is 25.1 Å². The molecule has 1 aromatic rings. The first-order valence-corrected chi connectivity index (χ1v) is 5.25. The third-order valence-corrected chi connectivity index (χ3v) is 2.20. The highest BCUT2D eigenvalue weighted by Gasteiger charge is 2.27. The van der Waals surface area contributed by atoms with E-state index in [0.717, 1.165) is 0 Å². The Hall–Kier alpha value is -1.52. The van der Waals surface area contributed by atoms with Gasteiger partial charge >= 0.3 is 6.18 Å². The van der Waals surface area contributed by atoms with Crippen molar-refractivity contribution >= 4 is 17.4 Å². The molecule has 0 spiro atoms. The fraction of sp³-hybridized carbons (Fsp3) is 0.400. The molecule has 0 atom stereocenters. The van der Waals surface area contributed by atoms with E-state index >= 15 is 0 Å². The molecule has 0 amide bonds. The first-order valence-electron chi connectivity index (χ1n) is 4.87. The summed E-state index contributed by atoms with van der Waals surface area (Å²) in [6.45, 7) is -1.33. The molecular weight excluding hydrogens is 271 g/mol. The lowest BCUT2D eigenvalue weighted by molar-refractivity contribution is -0.172. The highest BCUT2D eigenvalue weighted by Crippen LogP contribution is 2.22. The number of pyridine rings is 1. The maximum absolute atomic E-state index is 11.8. The average Bonchev–Trinajstić information content (AvgIpc) is 2.29. The van der Waals surface area contributed by atoms with Crippen LogP contribution in [0, 0.1) is 11.3 Å². The molecule has 18 heavy (non-hydrogen) atoms. The standard InChI is InChI=1S/C10H9ClF3N3O/c11-8-7(5-15)1-2-16-9(8)17-3-4-18-6-10(12,13)14/h1-2H,3-4,6H2,(H,16,17). The predicted octanol–water partition coefficient (Wildman–Crippen LogP) is 2.60. The van der Waals surface area contributed by atoms with E-state index in [-0.39, 0.29) is 29.6 Å². The summed E-state index contributed by atoms with van der Waals surface area (Å²) in [7, 11) is 0. The number of ether oxygens (including phenoxy) is 1. The van der Waals surface area contributed by atoms with Crippen LogP contribution < -0.4 is 5.32 Å². The molecule has 0 aliphatic rings. The zero-order chi connectivity index (χ0) is 13.6. The van der Waals surface area contributed by atoms with Crippen LogP contribution in [-0.2, 0) is 4.74 Å². The van der Waals surface area contributed by atoms with Gasteiger partial charge in [0.25, 0.3) is 0 Å². The second kappa shape index (κ2) is 6.42. The van der Waals surface area contributed by atoms with Gasteiger partial charge in [-0.3, -0.25) is 0 Å². The van der Waals surface area contributed by atoms with Crippen molar-refractivity contribution in [3.05, 3.63) is 22.8 Å². The van der Waals surface area contributed by atoms with Crippen molar-refractivity contribution in [3.63, 3.8) is 0 Å². The summed E-state index contributed by atoms with van der Waals surface area (Å²) < 4.78 is 39.7. The number of rotatable bonds is 5. The molecule has 0 aliphatic carbocycles. The van der Waals surface area contributed by atoms with Gasteiger partial charge in [0.2, 0.25) is 0 Å². The minimum absolute atomic E-state index is 0.109. The molecular formula is C10H9ClF3N3O. The summed E-state index contributed by atoms with van der Waals surface area (Å²) in [6, 6.07) is 3.30. The average molecular weight is 280 g/mol. The summed E-state index contributed by atoms with van der Waals surface area (Å²) in [5, 5.41) is 11.5. The van der Waals surface area contributed by atoms with Gasteiger partial charge in [-0.25, -0.2) is 4.98 Å². The topological polar surface area (TPSA) is 57.9 Å². The third kappa shape index (κ3) is 4.77. The molecule has 0 aromatic carbocycles. The molecule has 98 valence electrons.